The molecule has 2 aromatic heterocycles. The molecule has 14 heavy (non-hydrogen) atoms. The molecule has 0 N–H and O–H groups in total. The van der Waals surface area contributed by atoms with E-state index in [-0.39, 0.29) is 5.41 Å². The molecule has 0 amide bonds. The number of rotatable bonds is 0. The third-order valence-corrected chi connectivity index (χ3v) is 2.46. The second-order valence-corrected chi connectivity index (χ2v) is 4.81. The maximum Gasteiger partial charge on any atom is 0.137 e. The van der Waals surface area contributed by atoms with Gasteiger partial charge in [-0.15, -0.1) is 0 Å². The van der Waals surface area contributed by atoms with Gasteiger partial charge in [0.15, 0.2) is 0 Å². The van der Waals surface area contributed by atoms with Crippen molar-refractivity contribution in [2.45, 2.75) is 33.1 Å². The van der Waals surface area contributed by atoms with Crippen molar-refractivity contribution in [1.29, 1.82) is 0 Å². The summed E-state index contributed by atoms with van der Waals surface area (Å²) in [7, 11) is 0. The average molecular weight is 188 g/mol. The third-order valence-electron chi connectivity index (χ3n) is 2.46. The highest BCUT2D eigenvalue weighted by molar-refractivity contribution is 5.45. The number of aromatic nitrogens is 2. The summed E-state index contributed by atoms with van der Waals surface area (Å²) < 4.78 is 2.08. The molecule has 0 aliphatic carbocycles. The summed E-state index contributed by atoms with van der Waals surface area (Å²) in [5.74, 6) is 0. The Hall–Kier alpha value is -1.31. The monoisotopic (exact) mass is 188 g/mol. The second-order valence-electron chi connectivity index (χ2n) is 4.81. The van der Waals surface area contributed by atoms with E-state index in [0.717, 1.165) is 11.3 Å². The van der Waals surface area contributed by atoms with Crippen LogP contribution in [0, 0.1) is 6.92 Å². The highest BCUT2D eigenvalue weighted by atomic mass is 15.0. The minimum atomic E-state index is 0.196. The number of hydrogen-bond donors (Lipinski definition) is 0. The van der Waals surface area contributed by atoms with Crippen LogP contribution < -0.4 is 0 Å². The van der Waals surface area contributed by atoms with Crippen LogP contribution in [0.2, 0.25) is 0 Å². The lowest BCUT2D eigenvalue weighted by atomic mass is 9.89. The first-order valence-electron chi connectivity index (χ1n) is 4.93. The van der Waals surface area contributed by atoms with Crippen molar-refractivity contribution in [2.24, 2.45) is 0 Å². The first kappa shape index (κ1) is 9.25. The fourth-order valence-corrected chi connectivity index (χ4v) is 1.49. The molecule has 2 nitrogen and oxygen atoms in total. The summed E-state index contributed by atoms with van der Waals surface area (Å²) in [4.78, 5) is 4.47. The smallest absolute Gasteiger partial charge is 0.137 e. The number of aryl methyl sites for hydroxylation is 1. The van der Waals surface area contributed by atoms with E-state index in [0.29, 0.717) is 0 Å². The Bertz CT molecular complexity index is 461. The van der Waals surface area contributed by atoms with Gasteiger partial charge in [-0.2, -0.15) is 0 Å². The van der Waals surface area contributed by atoms with E-state index < -0.39 is 0 Å². The van der Waals surface area contributed by atoms with Crippen LogP contribution in [0.25, 0.3) is 5.65 Å². The van der Waals surface area contributed by atoms with Gasteiger partial charge in [0.05, 0.1) is 0 Å². The lowest BCUT2D eigenvalue weighted by Gasteiger charge is -2.15. The molecule has 0 fully saturated rings. The van der Waals surface area contributed by atoms with Crippen molar-refractivity contribution in [3.8, 4) is 0 Å². The lowest BCUT2D eigenvalue weighted by Crippen LogP contribution is -2.09. The summed E-state index contributed by atoms with van der Waals surface area (Å²) in [6, 6.07) is 4.19. The second kappa shape index (κ2) is 2.84. The van der Waals surface area contributed by atoms with Gasteiger partial charge in [-0.25, -0.2) is 4.98 Å². The molecular formula is C12H16N2. The summed E-state index contributed by atoms with van der Waals surface area (Å²) in [5, 5.41) is 0. The molecule has 0 aliphatic rings. The SMILES string of the molecule is Cc1ccn2cc(C(C)(C)C)cc2n1. The predicted molar refractivity (Wildman–Crippen MR) is 58.6 cm³/mol. The van der Waals surface area contributed by atoms with Gasteiger partial charge in [-0.05, 0) is 30.0 Å². The van der Waals surface area contributed by atoms with Crippen molar-refractivity contribution >= 4 is 5.65 Å². The molecular weight excluding hydrogens is 172 g/mol. The summed E-state index contributed by atoms with van der Waals surface area (Å²) >= 11 is 0. The van der Waals surface area contributed by atoms with Crippen molar-refractivity contribution in [2.75, 3.05) is 0 Å². The van der Waals surface area contributed by atoms with E-state index in [1.54, 1.807) is 0 Å². The van der Waals surface area contributed by atoms with Crippen LogP contribution in [-0.4, -0.2) is 9.38 Å². The first-order valence-corrected chi connectivity index (χ1v) is 4.93. The maximum absolute atomic E-state index is 4.47. The maximum atomic E-state index is 4.47. The van der Waals surface area contributed by atoms with Gasteiger partial charge >= 0.3 is 0 Å². The van der Waals surface area contributed by atoms with Crippen LogP contribution in [0.1, 0.15) is 32.0 Å². The van der Waals surface area contributed by atoms with Gasteiger partial charge < -0.3 is 4.40 Å². The van der Waals surface area contributed by atoms with Crippen LogP contribution in [0.5, 0.6) is 0 Å². The Morgan fingerprint density at radius 1 is 1.29 bits per heavy atom. The third kappa shape index (κ3) is 1.52. The Labute approximate surface area is 84.6 Å². The van der Waals surface area contributed by atoms with Crippen molar-refractivity contribution < 1.29 is 0 Å². The molecule has 2 rings (SSSR count). The van der Waals surface area contributed by atoms with Crippen LogP contribution in [0.15, 0.2) is 24.5 Å². The zero-order chi connectivity index (χ0) is 10.3. The molecule has 0 atom stereocenters. The van der Waals surface area contributed by atoms with Gasteiger partial charge in [0.1, 0.15) is 5.65 Å². The predicted octanol–water partition coefficient (Wildman–Crippen LogP) is 2.94. The van der Waals surface area contributed by atoms with E-state index in [2.05, 4.69) is 48.6 Å². The quantitative estimate of drug-likeness (QED) is 0.621. The minimum absolute atomic E-state index is 0.196. The van der Waals surface area contributed by atoms with Crippen molar-refractivity contribution in [1.82, 2.24) is 9.38 Å². The van der Waals surface area contributed by atoms with Crippen molar-refractivity contribution in [3.63, 3.8) is 0 Å². The molecule has 2 heteroatoms. The average Bonchev–Trinajstić information content (AvgIpc) is 2.45. The molecule has 74 valence electrons. The highest BCUT2D eigenvalue weighted by Crippen LogP contribution is 2.23. The van der Waals surface area contributed by atoms with Crippen molar-refractivity contribution in [3.05, 3.63) is 35.8 Å². The van der Waals surface area contributed by atoms with Crippen LogP contribution in [0.3, 0.4) is 0 Å². The summed E-state index contributed by atoms with van der Waals surface area (Å²) in [5.41, 5.74) is 3.63. The van der Waals surface area contributed by atoms with Gasteiger partial charge in [-0.3, -0.25) is 0 Å². The zero-order valence-corrected chi connectivity index (χ0v) is 9.20. The Morgan fingerprint density at radius 2 is 2.00 bits per heavy atom. The van der Waals surface area contributed by atoms with Gasteiger partial charge in [0.25, 0.3) is 0 Å². The van der Waals surface area contributed by atoms with E-state index in [1.807, 2.05) is 13.0 Å². The Kier molecular flexibility index (Phi) is 1.88. The van der Waals surface area contributed by atoms with Crippen LogP contribution in [0.4, 0.5) is 0 Å². The molecule has 2 heterocycles. The van der Waals surface area contributed by atoms with Gasteiger partial charge in [-0.1, -0.05) is 20.8 Å². The minimum Gasteiger partial charge on any atom is -0.308 e. The standard InChI is InChI=1S/C12H16N2/c1-9-5-6-14-8-10(12(2,3)4)7-11(14)13-9/h5-8H,1-4H3. The number of fused-ring (bicyclic) bond motifs is 1. The molecule has 0 aliphatic heterocycles. The Morgan fingerprint density at radius 3 is 2.64 bits per heavy atom. The molecule has 0 aromatic carbocycles. The highest BCUT2D eigenvalue weighted by Gasteiger charge is 2.15. The fraction of sp³-hybridized carbons (Fsp3) is 0.417. The number of nitrogens with zero attached hydrogens (tertiary/aromatic N) is 2. The van der Waals surface area contributed by atoms with E-state index in [1.165, 1.54) is 5.56 Å². The summed E-state index contributed by atoms with van der Waals surface area (Å²) in [6.07, 6.45) is 4.22. The fourth-order valence-electron chi connectivity index (χ4n) is 1.49. The van der Waals surface area contributed by atoms with Crippen LogP contribution >= 0.6 is 0 Å². The lowest BCUT2D eigenvalue weighted by molar-refractivity contribution is 0.590. The summed E-state index contributed by atoms with van der Waals surface area (Å²) in [6.45, 7) is 8.67. The Balaban J connectivity index is 2.63. The van der Waals surface area contributed by atoms with Gasteiger partial charge in [0.2, 0.25) is 0 Å². The van der Waals surface area contributed by atoms with E-state index in [4.69, 9.17) is 0 Å². The zero-order valence-electron chi connectivity index (χ0n) is 9.20. The molecule has 2 aromatic rings. The van der Waals surface area contributed by atoms with Crippen LogP contribution in [-0.2, 0) is 5.41 Å². The molecule has 0 radical (unpaired) electrons. The molecule has 0 saturated carbocycles. The molecule has 0 unspecified atom stereocenters. The van der Waals surface area contributed by atoms with Gasteiger partial charge in [0, 0.05) is 18.1 Å². The normalized spacial score (nSPS) is 12.3. The molecule has 0 saturated heterocycles. The first-order chi connectivity index (χ1) is 6.47. The van der Waals surface area contributed by atoms with E-state index >= 15 is 0 Å². The molecule has 0 spiro atoms. The topological polar surface area (TPSA) is 17.3 Å². The molecule has 0 bridgehead atoms. The largest absolute Gasteiger partial charge is 0.308 e. The van der Waals surface area contributed by atoms with E-state index in [9.17, 15) is 0 Å². The number of hydrogen-bond acceptors (Lipinski definition) is 1.